The fraction of sp³-hybridized carbons (Fsp3) is 0.357. The predicted molar refractivity (Wildman–Crippen MR) is 73.1 cm³/mol. The van der Waals surface area contributed by atoms with Gasteiger partial charge in [-0.2, -0.15) is 18.3 Å². The van der Waals surface area contributed by atoms with Crippen molar-refractivity contribution >= 4 is 0 Å². The Morgan fingerprint density at radius 3 is 2.43 bits per heavy atom. The van der Waals surface area contributed by atoms with Crippen LogP contribution in [0.2, 0.25) is 0 Å². The Bertz CT molecular complexity index is 575. The second-order valence-corrected chi connectivity index (χ2v) is 4.76. The van der Waals surface area contributed by atoms with E-state index < -0.39 is 17.8 Å². The van der Waals surface area contributed by atoms with Crippen molar-refractivity contribution in [3.8, 4) is 0 Å². The summed E-state index contributed by atoms with van der Waals surface area (Å²) in [5.74, 6) is 5.53. The van der Waals surface area contributed by atoms with Gasteiger partial charge in [0.15, 0.2) is 0 Å². The first-order valence-electron chi connectivity index (χ1n) is 6.61. The molecule has 7 heteroatoms. The van der Waals surface area contributed by atoms with Crippen molar-refractivity contribution in [2.75, 3.05) is 0 Å². The molecule has 0 aliphatic carbocycles. The Balaban J connectivity index is 2.24. The molecule has 0 amide bonds. The van der Waals surface area contributed by atoms with Gasteiger partial charge in [-0.1, -0.05) is 19.1 Å². The minimum atomic E-state index is -4.34. The van der Waals surface area contributed by atoms with Crippen molar-refractivity contribution in [1.29, 1.82) is 0 Å². The van der Waals surface area contributed by atoms with Gasteiger partial charge in [0.1, 0.15) is 0 Å². The lowest BCUT2D eigenvalue weighted by atomic mass is 10.0. The van der Waals surface area contributed by atoms with Crippen LogP contribution in [0.5, 0.6) is 0 Å². The van der Waals surface area contributed by atoms with E-state index in [9.17, 15) is 13.2 Å². The van der Waals surface area contributed by atoms with Crippen LogP contribution in [0.15, 0.2) is 36.7 Å². The second-order valence-electron chi connectivity index (χ2n) is 4.76. The number of aromatic nitrogens is 2. The molecule has 0 fully saturated rings. The smallest absolute Gasteiger partial charge is 0.272 e. The number of aryl methyl sites for hydroxylation is 1. The highest BCUT2D eigenvalue weighted by atomic mass is 19.4. The lowest BCUT2D eigenvalue weighted by molar-refractivity contribution is -0.137. The lowest BCUT2D eigenvalue weighted by Crippen LogP contribution is -2.28. The summed E-state index contributed by atoms with van der Waals surface area (Å²) in [5, 5.41) is 4.20. The lowest BCUT2D eigenvalue weighted by Gasteiger charge is -2.15. The molecular formula is C14H17F3N4. The van der Waals surface area contributed by atoms with E-state index >= 15 is 0 Å². The Hall–Kier alpha value is -1.86. The van der Waals surface area contributed by atoms with Crippen molar-refractivity contribution < 1.29 is 13.2 Å². The van der Waals surface area contributed by atoms with Crippen LogP contribution in [-0.4, -0.2) is 9.78 Å². The van der Waals surface area contributed by atoms with Crippen molar-refractivity contribution in [2.45, 2.75) is 32.1 Å². The van der Waals surface area contributed by atoms with Crippen molar-refractivity contribution in [3.05, 3.63) is 53.3 Å². The predicted octanol–water partition coefficient (Wildman–Crippen LogP) is 2.86. The van der Waals surface area contributed by atoms with Crippen LogP contribution >= 0.6 is 0 Å². The molecule has 1 heterocycles. The largest absolute Gasteiger partial charge is 0.416 e. The minimum absolute atomic E-state index is 0.391. The standard InChI is InChI=1S/C14H17F3N4/c1-2-7-21-9-11(8-19-21)13(20-18)10-3-5-12(6-4-10)14(15,16)17/h3-6,8-9,13,20H,2,7,18H2,1H3. The topological polar surface area (TPSA) is 55.9 Å². The highest BCUT2D eigenvalue weighted by Gasteiger charge is 2.30. The molecule has 2 rings (SSSR count). The number of halogens is 3. The Kier molecular flexibility index (Phi) is 4.64. The van der Waals surface area contributed by atoms with Crippen LogP contribution in [0, 0.1) is 0 Å². The van der Waals surface area contributed by atoms with Crippen LogP contribution in [-0.2, 0) is 12.7 Å². The van der Waals surface area contributed by atoms with E-state index in [0.29, 0.717) is 5.56 Å². The van der Waals surface area contributed by atoms with Gasteiger partial charge in [0, 0.05) is 18.3 Å². The third kappa shape index (κ3) is 3.62. The maximum absolute atomic E-state index is 12.6. The van der Waals surface area contributed by atoms with Crippen molar-refractivity contribution in [3.63, 3.8) is 0 Å². The number of nitrogens with zero attached hydrogens (tertiary/aromatic N) is 2. The van der Waals surface area contributed by atoms with Crippen molar-refractivity contribution in [2.24, 2.45) is 5.84 Å². The summed E-state index contributed by atoms with van der Waals surface area (Å²) >= 11 is 0. The number of nitrogens with one attached hydrogen (secondary N) is 1. The summed E-state index contributed by atoms with van der Waals surface area (Å²) in [6.45, 7) is 2.82. The maximum atomic E-state index is 12.6. The zero-order valence-electron chi connectivity index (χ0n) is 11.6. The highest BCUT2D eigenvalue weighted by Crippen LogP contribution is 2.30. The summed E-state index contributed by atoms with van der Waals surface area (Å²) in [6, 6.07) is 4.55. The van der Waals surface area contributed by atoms with Gasteiger partial charge in [0.2, 0.25) is 0 Å². The molecule has 0 radical (unpaired) electrons. The summed E-state index contributed by atoms with van der Waals surface area (Å²) < 4.78 is 39.5. The van der Waals surface area contributed by atoms with Crippen LogP contribution in [0.1, 0.15) is 36.1 Å². The number of rotatable bonds is 5. The first-order chi connectivity index (χ1) is 9.95. The molecule has 114 valence electrons. The molecule has 3 N–H and O–H groups in total. The van der Waals surface area contributed by atoms with Gasteiger partial charge >= 0.3 is 6.18 Å². The first kappa shape index (κ1) is 15.5. The Morgan fingerprint density at radius 1 is 1.24 bits per heavy atom. The molecule has 0 bridgehead atoms. The van der Waals surface area contributed by atoms with Crippen LogP contribution < -0.4 is 11.3 Å². The quantitative estimate of drug-likeness (QED) is 0.659. The molecule has 0 saturated carbocycles. The Morgan fingerprint density at radius 2 is 1.90 bits per heavy atom. The summed E-state index contributed by atoms with van der Waals surface area (Å²) in [7, 11) is 0. The molecule has 1 unspecified atom stereocenters. The average Bonchev–Trinajstić information content (AvgIpc) is 2.88. The summed E-state index contributed by atoms with van der Waals surface area (Å²) in [5.41, 5.74) is 3.40. The Labute approximate surface area is 120 Å². The SMILES string of the molecule is CCCn1cc(C(NN)c2ccc(C(F)(F)F)cc2)cn1. The molecule has 2 aromatic rings. The fourth-order valence-corrected chi connectivity index (χ4v) is 2.13. The van der Waals surface area contributed by atoms with Gasteiger partial charge in [-0.25, -0.2) is 5.43 Å². The molecule has 4 nitrogen and oxygen atoms in total. The van der Waals surface area contributed by atoms with E-state index in [1.54, 1.807) is 10.9 Å². The van der Waals surface area contributed by atoms with E-state index in [1.165, 1.54) is 12.1 Å². The van der Waals surface area contributed by atoms with Gasteiger partial charge in [0.05, 0.1) is 17.8 Å². The monoisotopic (exact) mass is 298 g/mol. The van der Waals surface area contributed by atoms with Gasteiger partial charge < -0.3 is 0 Å². The molecule has 1 atom stereocenters. The molecule has 1 aromatic carbocycles. The van der Waals surface area contributed by atoms with Crippen molar-refractivity contribution in [1.82, 2.24) is 15.2 Å². The zero-order chi connectivity index (χ0) is 15.5. The van der Waals surface area contributed by atoms with Crippen LogP contribution in [0.25, 0.3) is 0 Å². The molecule has 0 aliphatic rings. The maximum Gasteiger partial charge on any atom is 0.416 e. The third-order valence-electron chi connectivity index (χ3n) is 3.18. The number of hydrogen-bond donors (Lipinski definition) is 2. The van der Waals surface area contributed by atoms with E-state index in [4.69, 9.17) is 5.84 Å². The van der Waals surface area contributed by atoms with Gasteiger partial charge in [-0.05, 0) is 24.1 Å². The number of benzene rings is 1. The zero-order valence-corrected chi connectivity index (χ0v) is 11.6. The number of hydrogen-bond acceptors (Lipinski definition) is 3. The number of alkyl halides is 3. The molecule has 1 aromatic heterocycles. The first-order valence-corrected chi connectivity index (χ1v) is 6.61. The highest BCUT2D eigenvalue weighted by molar-refractivity contribution is 5.32. The number of hydrazine groups is 1. The normalized spacial score (nSPS) is 13.4. The molecular weight excluding hydrogens is 281 g/mol. The molecule has 0 aliphatic heterocycles. The minimum Gasteiger partial charge on any atom is -0.272 e. The van der Waals surface area contributed by atoms with Gasteiger partial charge in [0.25, 0.3) is 0 Å². The average molecular weight is 298 g/mol. The van der Waals surface area contributed by atoms with E-state index in [1.807, 2.05) is 13.1 Å². The third-order valence-corrected chi connectivity index (χ3v) is 3.18. The van der Waals surface area contributed by atoms with Gasteiger partial charge in [-0.15, -0.1) is 0 Å². The van der Waals surface area contributed by atoms with E-state index in [-0.39, 0.29) is 0 Å². The molecule has 21 heavy (non-hydrogen) atoms. The van der Waals surface area contributed by atoms with Crippen LogP contribution in [0.3, 0.4) is 0 Å². The van der Waals surface area contributed by atoms with Crippen LogP contribution in [0.4, 0.5) is 13.2 Å². The fourth-order valence-electron chi connectivity index (χ4n) is 2.13. The summed E-state index contributed by atoms with van der Waals surface area (Å²) in [6.07, 6.45) is 0.113. The second kappa shape index (κ2) is 6.28. The van der Waals surface area contributed by atoms with E-state index in [2.05, 4.69) is 10.5 Å². The van der Waals surface area contributed by atoms with E-state index in [0.717, 1.165) is 30.7 Å². The van der Waals surface area contributed by atoms with Gasteiger partial charge in [-0.3, -0.25) is 10.5 Å². The molecule has 0 spiro atoms. The molecule has 0 saturated heterocycles. The summed E-state index contributed by atoms with van der Waals surface area (Å²) in [4.78, 5) is 0. The number of nitrogens with two attached hydrogens (primary N) is 1.